The number of amides is 1. The number of rotatable bonds is 4. The predicted octanol–water partition coefficient (Wildman–Crippen LogP) is 4.98. The molecule has 1 amide bonds. The third kappa shape index (κ3) is 3.56. The minimum absolute atomic E-state index is 0.158. The molecule has 0 aromatic heterocycles. The molecule has 8 heteroatoms. The molecule has 0 aliphatic carbocycles. The molecule has 5 nitrogen and oxygen atoms in total. The minimum Gasteiger partial charge on any atom is -0.493 e. The highest BCUT2D eigenvalue weighted by molar-refractivity contribution is 9.10. The first-order valence-corrected chi connectivity index (χ1v) is 10.2. The highest BCUT2D eigenvalue weighted by Crippen LogP contribution is 2.41. The minimum atomic E-state index is -0.158. The number of thioether (sulfide) groups is 1. The van der Waals surface area contributed by atoms with E-state index in [9.17, 15) is 4.79 Å². The van der Waals surface area contributed by atoms with E-state index >= 15 is 0 Å². The van der Waals surface area contributed by atoms with E-state index in [1.165, 1.54) is 16.7 Å². The highest BCUT2D eigenvalue weighted by atomic mass is 79.9. The number of fused-ring (bicyclic) bond motifs is 1. The van der Waals surface area contributed by atoms with Crippen molar-refractivity contribution in [1.82, 2.24) is 0 Å². The lowest BCUT2D eigenvalue weighted by Crippen LogP contribution is -2.27. The summed E-state index contributed by atoms with van der Waals surface area (Å²) in [6.45, 7) is 2.71. The second-order valence-corrected chi connectivity index (χ2v) is 8.21. The standard InChI is InChI=1S/C19H14BrNO4S2/c1-2-23-14-5-3-11(7-13(14)20)8-17-18(22)21(19(26)27-17)12-4-6-15-16(9-12)25-10-24-15/h3-9H,2,10H2,1H3/b17-8-. The average Bonchev–Trinajstić information content (AvgIpc) is 3.21. The van der Waals surface area contributed by atoms with Crippen molar-refractivity contribution in [3.05, 3.63) is 51.3 Å². The molecule has 0 bridgehead atoms. The van der Waals surface area contributed by atoms with Gasteiger partial charge >= 0.3 is 0 Å². The van der Waals surface area contributed by atoms with E-state index < -0.39 is 0 Å². The number of hydrogen-bond donors (Lipinski definition) is 0. The Bertz CT molecular complexity index is 976. The van der Waals surface area contributed by atoms with Crippen LogP contribution >= 0.6 is 39.9 Å². The average molecular weight is 464 g/mol. The molecule has 0 N–H and O–H groups in total. The number of ether oxygens (including phenoxy) is 3. The zero-order valence-electron chi connectivity index (χ0n) is 14.2. The Kier molecular flexibility index (Phi) is 5.12. The van der Waals surface area contributed by atoms with Gasteiger partial charge in [0, 0.05) is 6.07 Å². The van der Waals surface area contributed by atoms with Crippen molar-refractivity contribution in [2.24, 2.45) is 0 Å². The Hall–Kier alpha value is -2.03. The summed E-state index contributed by atoms with van der Waals surface area (Å²) in [7, 11) is 0. The molecular formula is C19H14BrNO4S2. The maximum atomic E-state index is 12.9. The fourth-order valence-corrected chi connectivity index (χ4v) is 4.56. The summed E-state index contributed by atoms with van der Waals surface area (Å²) in [4.78, 5) is 15.0. The third-order valence-corrected chi connectivity index (χ3v) is 5.88. The number of anilines is 1. The first-order valence-electron chi connectivity index (χ1n) is 8.17. The molecule has 2 aliphatic heterocycles. The van der Waals surface area contributed by atoms with Gasteiger partial charge in [-0.2, -0.15) is 0 Å². The fraction of sp³-hybridized carbons (Fsp3) is 0.158. The van der Waals surface area contributed by atoms with Crippen LogP contribution in [0.15, 0.2) is 45.8 Å². The SMILES string of the molecule is CCOc1ccc(/C=C2\SC(=S)N(c3ccc4c(c3)OCO4)C2=O)cc1Br. The van der Waals surface area contributed by atoms with Crippen molar-refractivity contribution >= 4 is 61.9 Å². The quantitative estimate of drug-likeness (QED) is 0.470. The van der Waals surface area contributed by atoms with Gasteiger partial charge in [-0.3, -0.25) is 9.69 Å². The van der Waals surface area contributed by atoms with E-state index in [-0.39, 0.29) is 12.7 Å². The summed E-state index contributed by atoms with van der Waals surface area (Å²) in [5, 5.41) is 0. The van der Waals surface area contributed by atoms with Gasteiger partial charge in [0.25, 0.3) is 5.91 Å². The van der Waals surface area contributed by atoms with Gasteiger partial charge in [0.2, 0.25) is 6.79 Å². The van der Waals surface area contributed by atoms with Crippen LogP contribution in [0.25, 0.3) is 6.08 Å². The topological polar surface area (TPSA) is 48.0 Å². The van der Waals surface area contributed by atoms with E-state index in [1.54, 1.807) is 18.2 Å². The van der Waals surface area contributed by atoms with Crippen molar-refractivity contribution in [1.29, 1.82) is 0 Å². The summed E-state index contributed by atoms with van der Waals surface area (Å²) in [5.74, 6) is 1.89. The Morgan fingerprint density at radius 3 is 2.85 bits per heavy atom. The van der Waals surface area contributed by atoms with Crippen LogP contribution in [0.4, 0.5) is 5.69 Å². The van der Waals surface area contributed by atoms with Crippen LogP contribution in [0.2, 0.25) is 0 Å². The molecule has 0 saturated carbocycles. The van der Waals surface area contributed by atoms with E-state index in [0.29, 0.717) is 33.0 Å². The van der Waals surface area contributed by atoms with Crippen molar-refractivity contribution in [3.63, 3.8) is 0 Å². The maximum Gasteiger partial charge on any atom is 0.270 e. The van der Waals surface area contributed by atoms with Gasteiger partial charge in [-0.15, -0.1) is 0 Å². The van der Waals surface area contributed by atoms with Crippen molar-refractivity contribution < 1.29 is 19.0 Å². The lowest BCUT2D eigenvalue weighted by molar-refractivity contribution is -0.113. The first kappa shape index (κ1) is 18.3. The largest absolute Gasteiger partial charge is 0.493 e. The summed E-state index contributed by atoms with van der Waals surface area (Å²) in [6, 6.07) is 11.0. The van der Waals surface area contributed by atoms with Crippen molar-refractivity contribution in [2.75, 3.05) is 18.3 Å². The molecule has 2 heterocycles. The zero-order valence-corrected chi connectivity index (χ0v) is 17.4. The van der Waals surface area contributed by atoms with Crippen LogP contribution in [-0.2, 0) is 4.79 Å². The molecule has 0 unspecified atom stereocenters. The van der Waals surface area contributed by atoms with Crippen molar-refractivity contribution in [3.8, 4) is 17.2 Å². The molecule has 1 saturated heterocycles. The lowest BCUT2D eigenvalue weighted by Gasteiger charge is -2.14. The molecular weight excluding hydrogens is 450 g/mol. The monoisotopic (exact) mass is 463 g/mol. The molecule has 2 aromatic carbocycles. The zero-order chi connectivity index (χ0) is 19.0. The first-order chi connectivity index (χ1) is 13.1. The van der Waals surface area contributed by atoms with Gasteiger partial charge in [-0.25, -0.2) is 0 Å². The van der Waals surface area contributed by atoms with Gasteiger partial charge in [-0.05, 0) is 58.8 Å². The van der Waals surface area contributed by atoms with E-state index in [0.717, 1.165) is 15.8 Å². The fourth-order valence-electron chi connectivity index (χ4n) is 2.75. The number of hydrogen-bond acceptors (Lipinski definition) is 6. The number of carbonyl (C=O) groups is 1. The molecule has 2 aliphatic rings. The van der Waals surface area contributed by atoms with E-state index in [4.69, 9.17) is 26.4 Å². The smallest absolute Gasteiger partial charge is 0.270 e. The summed E-state index contributed by atoms with van der Waals surface area (Å²) in [5.41, 5.74) is 1.55. The maximum absolute atomic E-state index is 12.9. The molecule has 0 atom stereocenters. The van der Waals surface area contributed by atoms with Gasteiger partial charge in [0.05, 0.1) is 21.7 Å². The van der Waals surface area contributed by atoms with Crippen molar-refractivity contribution in [2.45, 2.75) is 6.92 Å². The van der Waals surface area contributed by atoms with Crippen LogP contribution in [0.3, 0.4) is 0 Å². The van der Waals surface area contributed by atoms with Crippen LogP contribution < -0.4 is 19.1 Å². The van der Waals surface area contributed by atoms with Gasteiger partial charge in [0.1, 0.15) is 5.75 Å². The Labute approximate surface area is 174 Å². The number of halogens is 1. The molecule has 27 heavy (non-hydrogen) atoms. The molecule has 2 aromatic rings. The number of thiocarbonyl (C=S) groups is 1. The third-order valence-electron chi connectivity index (χ3n) is 3.96. The van der Waals surface area contributed by atoms with Crippen LogP contribution in [0.5, 0.6) is 17.2 Å². The van der Waals surface area contributed by atoms with Crippen LogP contribution in [0, 0.1) is 0 Å². The van der Waals surface area contributed by atoms with Gasteiger partial charge in [-0.1, -0.05) is 30.0 Å². The molecule has 1 fully saturated rings. The molecule has 138 valence electrons. The second kappa shape index (κ2) is 7.53. The number of nitrogens with zero attached hydrogens (tertiary/aromatic N) is 1. The predicted molar refractivity (Wildman–Crippen MR) is 114 cm³/mol. The number of benzene rings is 2. The normalized spacial score (nSPS) is 17.1. The van der Waals surface area contributed by atoms with Gasteiger partial charge < -0.3 is 14.2 Å². The second-order valence-electron chi connectivity index (χ2n) is 5.68. The Morgan fingerprint density at radius 1 is 1.26 bits per heavy atom. The highest BCUT2D eigenvalue weighted by Gasteiger charge is 2.34. The Morgan fingerprint density at radius 2 is 2.07 bits per heavy atom. The number of carbonyl (C=O) groups excluding carboxylic acids is 1. The Balaban J connectivity index is 1.61. The summed E-state index contributed by atoms with van der Waals surface area (Å²) >= 11 is 10.2. The lowest BCUT2D eigenvalue weighted by atomic mass is 10.2. The molecule has 4 rings (SSSR count). The van der Waals surface area contributed by atoms with E-state index in [1.807, 2.05) is 31.2 Å². The van der Waals surface area contributed by atoms with Gasteiger partial charge in [0.15, 0.2) is 15.8 Å². The summed E-state index contributed by atoms with van der Waals surface area (Å²) < 4.78 is 17.6. The van der Waals surface area contributed by atoms with Crippen LogP contribution in [0.1, 0.15) is 12.5 Å². The van der Waals surface area contributed by atoms with Crippen LogP contribution in [-0.4, -0.2) is 23.6 Å². The molecule has 0 radical (unpaired) electrons. The van der Waals surface area contributed by atoms with E-state index in [2.05, 4.69) is 15.9 Å². The summed E-state index contributed by atoms with van der Waals surface area (Å²) in [6.07, 6.45) is 1.83. The molecule has 0 spiro atoms.